The van der Waals surface area contributed by atoms with E-state index in [0.29, 0.717) is 12.6 Å². The average Bonchev–Trinajstić information content (AvgIpc) is 2.74. The zero-order chi connectivity index (χ0) is 17.4. The smallest absolute Gasteiger partial charge is 0.379 e. The van der Waals surface area contributed by atoms with Gasteiger partial charge < -0.3 is 5.32 Å². The van der Waals surface area contributed by atoms with E-state index < -0.39 is 27.4 Å². The second-order valence-corrected chi connectivity index (χ2v) is 5.92. The molecule has 2 unspecified atom stereocenters. The number of hydrogen-bond acceptors (Lipinski definition) is 5. The van der Waals surface area contributed by atoms with Crippen molar-refractivity contribution in [2.75, 3.05) is 11.9 Å². The van der Waals surface area contributed by atoms with Gasteiger partial charge in [0.25, 0.3) is 5.69 Å². The van der Waals surface area contributed by atoms with E-state index in [9.17, 15) is 23.3 Å². The van der Waals surface area contributed by atoms with Crippen molar-refractivity contribution in [1.82, 2.24) is 10.9 Å². The van der Waals surface area contributed by atoms with Gasteiger partial charge in [0.05, 0.1) is 15.5 Å². The van der Waals surface area contributed by atoms with Gasteiger partial charge >= 0.3 is 6.18 Å². The SMILES string of the molecule is CC1NNC(C)C1CNc1cc(Cl)c(C(F)(F)F)cc1[N+](=O)[O-]. The van der Waals surface area contributed by atoms with Crippen LogP contribution in [0.15, 0.2) is 12.1 Å². The summed E-state index contributed by atoms with van der Waals surface area (Å²) in [6, 6.07) is 1.64. The van der Waals surface area contributed by atoms with Crippen molar-refractivity contribution in [3.8, 4) is 0 Å². The summed E-state index contributed by atoms with van der Waals surface area (Å²) in [6.07, 6.45) is -4.75. The minimum Gasteiger partial charge on any atom is -0.379 e. The van der Waals surface area contributed by atoms with Gasteiger partial charge in [-0.3, -0.25) is 21.0 Å². The van der Waals surface area contributed by atoms with E-state index in [0.717, 1.165) is 6.07 Å². The van der Waals surface area contributed by atoms with Crippen LogP contribution in [0.5, 0.6) is 0 Å². The topological polar surface area (TPSA) is 79.2 Å². The molecule has 0 radical (unpaired) electrons. The van der Waals surface area contributed by atoms with Gasteiger partial charge in [0.2, 0.25) is 0 Å². The predicted molar refractivity (Wildman–Crippen MR) is 80.3 cm³/mol. The number of alkyl halides is 3. The van der Waals surface area contributed by atoms with Crippen LogP contribution in [0, 0.1) is 16.0 Å². The highest BCUT2D eigenvalue weighted by atomic mass is 35.5. The predicted octanol–water partition coefficient (Wildman–Crippen LogP) is 3.18. The molecule has 1 aliphatic rings. The molecule has 2 rings (SSSR count). The van der Waals surface area contributed by atoms with Crippen molar-refractivity contribution in [3.05, 3.63) is 32.8 Å². The van der Waals surface area contributed by atoms with Crippen LogP contribution in [0.1, 0.15) is 19.4 Å². The van der Waals surface area contributed by atoms with Gasteiger partial charge in [0.15, 0.2) is 0 Å². The molecule has 0 saturated carbocycles. The summed E-state index contributed by atoms with van der Waals surface area (Å²) in [4.78, 5) is 10.2. The van der Waals surface area contributed by atoms with Gasteiger partial charge in [0.1, 0.15) is 5.69 Å². The van der Waals surface area contributed by atoms with E-state index in [1.807, 2.05) is 13.8 Å². The minimum absolute atomic E-state index is 0.0284. The molecule has 0 bridgehead atoms. The normalized spacial score (nSPS) is 24.7. The van der Waals surface area contributed by atoms with E-state index in [1.54, 1.807) is 0 Å². The van der Waals surface area contributed by atoms with Crippen LogP contribution >= 0.6 is 11.6 Å². The maximum atomic E-state index is 12.8. The molecule has 1 aromatic carbocycles. The van der Waals surface area contributed by atoms with Gasteiger partial charge in [-0.2, -0.15) is 13.2 Å². The van der Waals surface area contributed by atoms with E-state index in [1.165, 1.54) is 0 Å². The summed E-state index contributed by atoms with van der Waals surface area (Å²) in [6.45, 7) is 4.23. The van der Waals surface area contributed by atoms with Gasteiger partial charge in [-0.1, -0.05) is 11.6 Å². The van der Waals surface area contributed by atoms with E-state index in [2.05, 4.69) is 16.2 Å². The Kier molecular flexibility index (Phi) is 5.02. The van der Waals surface area contributed by atoms with Crippen LogP contribution < -0.4 is 16.2 Å². The number of anilines is 1. The lowest BCUT2D eigenvalue weighted by Gasteiger charge is -2.19. The van der Waals surface area contributed by atoms with Gasteiger partial charge in [-0.05, 0) is 19.9 Å². The number of nitrogens with zero attached hydrogens (tertiary/aromatic N) is 1. The third-order valence-corrected chi connectivity index (χ3v) is 4.25. The van der Waals surface area contributed by atoms with Crippen molar-refractivity contribution in [3.63, 3.8) is 0 Å². The Labute approximate surface area is 135 Å². The molecule has 1 fully saturated rings. The molecule has 2 atom stereocenters. The van der Waals surface area contributed by atoms with Crippen LogP contribution in [0.2, 0.25) is 5.02 Å². The number of nitro groups is 1. The molecule has 0 spiro atoms. The Morgan fingerprint density at radius 3 is 2.35 bits per heavy atom. The molecule has 0 aromatic heterocycles. The first-order chi connectivity index (χ1) is 10.6. The lowest BCUT2D eigenvalue weighted by Crippen LogP contribution is -2.30. The highest BCUT2D eigenvalue weighted by Gasteiger charge is 2.36. The number of benzene rings is 1. The van der Waals surface area contributed by atoms with Crippen LogP contribution in [0.4, 0.5) is 24.5 Å². The minimum atomic E-state index is -4.75. The average molecular weight is 353 g/mol. The van der Waals surface area contributed by atoms with Crippen LogP contribution in [-0.2, 0) is 6.18 Å². The maximum Gasteiger partial charge on any atom is 0.418 e. The molecule has 0 amide bonds. The van der Waals surface area contributed by atoms with E-state index in [-0.39, 0.29) is 23.7 Å². The summed E-state index contributed by atoms with van der Waals surface area (Å²) in [5.74, 6) is 0.107. The maximum absolute atomic E-state index is 12.8. The molecule has 6 nitrogen and oxygen atoms in total. The molecular formula is C13H16ClF3N4O2. The van der Waals surface area contributed by atoms with Gasteiger partial charge in [-0.25, -0.2) is 0 Å². The first-order valence-electron chi connectivity index (χ1n) is 6.91. The Hall–Kier alpha value is -1.58. The highest BCUT2D eigenvalue weighted by Crippen LogP contribution is 2.40. The molecule has 1 heterocycles. The first-order valence-corrected chi connectivity index (χ1v) is 7.29. The van der Waals surface area contributed by atoms with Crippen molar-refractivity contribution >= 4 is 23.0 Å². The summed E-state index contributed by atoms with van der Waals surface area (Å²) in [7, 11) is 0. The Balaban J connectivity index is 2.27. The number of nitrogens with one attached hydrogen (secondary N) is 3. The monoisotopic (exact) mass is 352 g/mol. The summed E-state index contributed by atoms with van der Waals surface area (Å²) in [5, 5.41) is 13.3. The van der Waals surface area contributed by atoms with Crippen molar-refractivity contribution < 1.29 is 18.1 Å². The fraction of sp³-hybridized carbons (Fsp3) is 0.538. The summed E-state index contributed by atoms with van der Waals surface area (Å²) >= 11 is 5.64. The van der Waals surface area contributed by atoms with Crippen molar-refractivity contribution in [2.24, 2.45) is 5.92 Å². The van der Waals surface area contributed by atoms with Gasteiger partial charge in [0, 0.05) is 30.6 Å². The molecule has 1 saturated heterocycles. The van der Waals surface area contributed by atoms with Gasteiger partial charge in [-0.15, -0.1) is 0 Å². The molecule has 10 heteroatoms. The van der Waals surface area contributed by atoms with Crippen LogP contribution in [0.25, 0.3) is 0 Å². The van der Waals surface area contributed by atoms with Crippen molar-refractivity contribution in [1.29, 1.82) is 0 Å². The zero-order valence-electron chi connectivity index (χ0n) is 12.4. The molecule has 23 heavy (non-hydrogen) atoms. The van der Waals surface area contributed by atoms with Crippen LogP contribution in [-0.4, -0.2) is 23.6 Å². The summed E-state index contributed by atoms with van der Waals surface area (Å²) < 4.78 is 38.4. The second-order valence-electron chi connectivity index (χ2n) is 5.51. The third-order valence-electron chi connectivity index (χ3n) is 3.94. The Bertz CT molecular complexity index is 602. The first kappa shape index (κ1) is 17.8. The molecular weight excluding hydrogens is 337 g/mol. The number of hydrogen-bond donors (Lipinski definition) is 3. The zero-order valence-corrected chi connectivity index (χ0v) is 13.1. The lowest BCUT2D eigenvalue weighted by molar-refractivity contribution is -0.384. The highest BCUT2D eigenvalue weighted by molar-refractivity contribution is 6.31. The number of rotatable bonds is 4. The number of nitro benzene ring substituents is 1. The standard InChI is InChI=1S/C13H16ClF3N4O2/c1-6-8(7(2)20-19-6)5-18-11-4-10(14)9(13(15,16)17)3-12(11)21(22)23/h3-4,6-8,18-20H,5H2,1-2H3. The largest absolute Gasteiger partial charge is 0.418 e. The number of halogens is 4. The lowest BCUT2D eigenvalue weighted by atomic mass is 9.96. The second kappa shape index (κ2) is 6.50. The Morgan fingerprint density at radius 2 is 1.87 bits per heavy atom. The molecule has 3 N–H and O–H groups in total. The fourth-order valence-corrected chi connectivity index (χ4v) is 2.83. The fourth-order valence-electron chi connectivity index (χ4n) is 2.56. The molecule has 128 valence electrons. The third kappa shape index (κ3) is 3.85. The van der Waals surface area contributed by atoms with E-state index >= 15 is 0 Å². The van der Waals surface area contributed by atoms with Crippen LogP contribution in [0.3, 0.4) is 0 Å². The molecule has 1 aromatic rings. The van der Waals surface area contributed by atoms with Crippen molar-refractivity contribution in [2.45, 2.75) is 32.1 Å². The van der Waals surface area contributed by atoms with E-state index in [4.69, 9.17) is 11.6 Å². The molecule has 1 aliphatic heterocycles. The molecule has 0 aliphatic carbocycles. The quantitative estimate of drug-likeness (QED) is 0.573. The Morgan fingerprint density at radius 1 is 1.30 bits per heavy atom. The number of hydrazine groups is 1. The summed E-state index contributed by atoms with van der Waals surface area (Å²) in [5.41, 5.74) is 4.17.